The minimum atomic E-state index is 0.0958. The maximum Gasteiger partial charge on any atom is 0.253 e. The third-order valence-corrected chi connectivity index (χ3v) is 4.04. The van der Waals surface area contributed by atoms with Gasteiger partial charge in [0.1, 0.15) is 0 Å². The van der Waals surface area contributed by atoms with Gasteiger partial charge in [0, 0.05) is 36.1 Å². The highest BCUT2D eigenvalue weighted by atomic mass is 16.2. The smallest absolute Gasteiger partial charge is 0.253 e. The van der Waals surface area contributed by atoms with E-state index < -0.39 is 0 Å². The molecular weight excluding hydrogens is 288 g/mol. The zero-order valence-electron chi connectivity index (χ0n) is 13.6. The predicted molar refractivity (Wildman–Crippen MR) is 90.5 cm³/mol. The SMILES string of the molecule is Cc1cc(C)nc(N[C@H]2CCCN(C(=O)c3ccccc3)C2)n1. The summed E-state index contributed by atoms with van der Waals surface area (Å²) in [6, 6.07) is 11.6. The second-order valence-electron chi connectivity index (χ2n) is 6.07. The van der Waals surface area contributed by atoms with Crippen LogP contribution in [0.4, 0.5) is 5.95 Å². The Labute approximate surface area is 136 Å². The van der Waals surface area contributed by atoms with Crippen molar-refractivity contribution >= 4 is 11.9 Å². The molecule has 2 aromatic rings. The molecule has 1 aliphatic rings. The first-order valence-corrected chi connectivity index (χ1v) is 8.05. The summed E-state index contributed by atoms with van der Waals surface area (Å²) in [5.41, 5.74) is 2.65. The number of amides is 1. The van der Waals surface area contributed by atoms with Crippen LogP contribution in [0.3, 0.4) is 0 Å². The third-order valence-electron chi connectivity index (χ3n) is 4.04. The summed E-state index contributed by atoms with van der Waals surface area (Å²) in [4.78, 5) is 23.3. The highest BCUT2D eigenvalue weighted by Gasteiger charge is 2.24. The first kappa shape index (κ1) is 15.5. The largest absolute Gasteiger partial charge is 0.350 e. The van der Waals surface area contributed by atoms with Gasteiger partial charge >= 0.3 is 0 Å². The van der Waals surface area contributed by atoms with Crippen molar-refractivity contribution < 1.29 is 4.79 Å². The van der Waals surface area contributed by atoms with E-state index in [1.54, 1.807) is 0 Å². The van der Waals surface area contributed by atoms with E-state index in [0.29, 0.717) is 12.5 Å². The van der Waals surface area contributed by atoms with E-state index in [-0.39, 0.29) is 11.9 Å². The molecule has 0 spiro atoms. The molecule has 0 aliphatic carbocycles. The minimum absolute atomic E-state index is 0.0958. The number of hydrogen-bond acceptors (Lipinski definition) is 4. The maximum absolute atomic E-state index is 12.6. The number of piperidine rings is 1. The summed E-state index contributed by atoms with van der Waals surface area (Å²) in [5.74, 6) is 0.750. The lowest BCUT2D eigenvalue weighted by molar-refractivity contribution is 0.0714. The highest BCUT2D eigenvalue weighted by Crippen LogP contribution is 2.17. The van der Waals surface area contributed by atoms with Gasteiger partial charge in [0.25, 0.3) is 5.91 Å². The number of hydrogen-bond donors (Lipinski definition) is 1. The Morgan fingerprint density at radius 3 is 2.57 bits per heavy atom. The molecule has 0 bridgehead atoms. The van der Waals surface area contributed by atoms with Gasteiger partial charge in [-0.2, -0.15) is 0 Å². The molecule has 1 fully saturated rings. The van der Waals surface area contributed by atoms with Gasteiger partial charge in [-0.25, -0.2) is 9.97 Å². The van der Waals surface area contributed by atoms with Crippen molar-refractivity contribution in [3.8, 4) is 0 Å². The topological polar surface area (TPSA) is 58.1 Å². The average Bonchev–Trinajstić information content (AvgIpc) is 2.54. The Kier molecular flexibility index (Phi) is 4.55. The van der Waals surface area contributed by atoms with E-state index in [9.17, 15) is 4.79 Å². The number of rotatable bonds is 3. The van der Waals surface area contributed by atoms with Gasteiger partial charge in [0.2, 0.25) is 5.95 Å². The van der Waals surface area contributed by atoms with Crippen molar-refractivity contribution in [2.75, 3.05) is 18.4 Å². The highest BCUT2D eigenvalue weighted by molar-refractivity contribution is 5.94. The first-order chi connectivity index (χ1) is 11.1. The molecule has 1 N–H and O–H groups in total. The monoisotopic (exact) mass is 310 g/mol. The molecule has 1 aliphatic heterocycles. The van der Waals surface area contributed by atoms with Gasteiger partial charge < -0.3 is 10.2 Å². The number of nitrogens with zero attached hydrogens (tertiary/aromatic N) is 3. The van der Waals surface area contributed by atoms with Crippen LogP contribution in [0.15, 0.2) is 36.4 Å². The molecule has 1 aromatic heterocycles. The van der Waals surface area contributed by atoms with Crippen LogP contribution >= 0.6 is 0 Å². The molecule has 23 heavy (non-hydrogen) atoms. The number of benzene rings is 1. The number of carbonyl (C=O) groups excluding carboxylic acids is 1. The van der Waals surface area contributed by atoms with Crippen molar-refractivity contribution in [3.05, 3.63) is 53.3 Å². The molecule has 3 rings (SSSR count). The predicted octanol–water partition coefficient (Wildman–Crippen LogP) is 2.81. The summed E-state index contributed by atoms with van der Waals surface area (Å²) in [6.45, 7) is 5.42. The fourth-order valence-corrected chi connectivity index (χ4v) is 3.02. The summed E-state index contributed by atoms with van der Waals surface area (Å²) in [6.07, 6.45) is 2.01. The van der Waals surface area contributed by atoms with Crippen LogP contribution in [0.1, 0.15) is 34.6 Å². The summed E-state index contributed by atoms with van der Waals surface area (Å²) >= 11 is 0. The van der Waals surface area contributed by atoms with Gasteiger partial charge in [-0.15, -0.1) is 0 Å². The molecule has 5 heteroatoms. The summed E-state index contributed by atoms with van der Waals surface area (Å²) in [7, 11) is 0. The lowest BCUT2D eigenvalue weighted by atomic mass is 10.0. The van der Waals surface area contributed by atoms with Crippen LogP contribution in [0.5, 0.6) is 0 Å². The van der Waals surface area contributed by atoms with E-state index in [0.717, 1.165) is 36.3 Å². The fourth-order valence-electron chi connectivity index (χ4n) is 3.02. The van der Waals surface area contributed by atoms with Gasteiger partial charge in [-0.05, 0) is 44.9 Å². The Morgan fingerprint density at radius 2 is 1.87 bits per heavy atom. The summed E-state index contributed by atoms with van der Waals surface area (Å²) in [5, 5.41) is 3.38. The van der Waals surface area contributed by atoms with Gasteiger partial charge in [-0.3, -0.25) is 4.79 Å². The lowest BCUT2D eigenvalue weighted by Gasteiger charge is -2.33. The van der Waals surface area contributed by atoms with Gasteiger partial charge in [-0.1, -0.05) is 18.2 Å². The molecule has 1 aromatic carbocycles. The van der Waals surface area contributed by atoms with E-state index in [2.05, 4.69) is 15.3 Å². The van der Waals surface area contributed by atoms with Gasteiger partial charge in [0.05, 0.1) is 0 Å². The van der Waals surface area contributed by atoms with Crippen molar-refractivity contribution in [3.63, 3.8) is 0 Å². The lowest BCUT2D eigenvalue weighted by Crippen LogP contribution is -2.45. The first-order valence-electron chi connectivity index (χ1n) is 8.05. The molecule has 0 radical (unpaired) electrons. The Bertz CT molecular complexity index is 666. The minimum Gasteiger partial charge on any atom is -0.350 e. The molecule has 5 nitrogen and oxygen atoms in total. The molecule has 2 heterocycles. The van der Waals surface area contributed by atoms with Gasteiger partial charge in [0.15, 0.2) is 0 Å². The number of aryl methyl sites for hydroxylation is 2. The molecule has 120 valence electrons. The molecule has 0 unspecified atom stereocenters. The second-order valence-corrected chi connectivity index (χ2v) is 6.07. The second kappa shape index (κ2) is 6.77. The number of aromatic nitrogens is 2. The zero-order valence-corrected chi connectivity index (χ0v) is 13.6. The van der Waals surface area contributed by atoms with Crippen LogP contribution in [-0.2, 0) is 0 Å². The third kappa shape index (κ3) is 3.86. The average molecular weight is 310 g/mol. The van der Waals surface area contributed by atoms with Crippen LogP contribution < -0.4 is 5.32 Å². The Morgan fingerprint density at radius 1 is 1.17 bits per heavy atom. The number of anilines is 1. The van der Waals surface area contributed by atoms with Crippen molar-refractivity contribution in [1.82, 2.24) is 14.9 Å². The van der Waals surface area contributed by atoms with E-state index in [1.807, 2.05) is 55.1 Å². The fraction of sp³-hybridized carbons (Fsp3) is 0.389. The van der Waals surface area contributed by atoms with E-state index in [1.165, 1.54) is 0 Å². The van der Waals surface area contributed by atoms with Crippen molar-refractivity contribution in [2.45, 2.75) is 32.7 Å². The maximum atomic E-state index is 12.6. The molecule has 1 saturated heterocycles. The van der Waals surface area contributed by atoms with E-state index >= 15 is 0 Å². The normalized spacial score (nSPS) is 17.8. The number of nitrogens with one attached hydrogen (secondary N) is 1. The number of likely N-dealkylation sites (tertiary alicyclic amines) is 1. The van der Waals surface area contributed by atoms with E-state index in [4.69, 9.17) is 0 Å². The quantitative estimate of drug-likeness (QED) is 0.947. The zero-order chi connectivity index (χ0) is 16.2. The Balaban J connectivity index is 1.67. The Hall–Kier alpha value is -2.43. The van der Waals surface area contributed by atoms with Crippen LogP contribution in [-0.4, -0.2) is 39.9 Å². The summed E-state index contributed by atoms with van der Waals surface area (Å²) < 4.78 is 0. The standard InChI is InChI=1S/C18H22N4O/c1-13-11-14(2)20-18(19-13)21-16-9-6-10-22(12-16)17(23)15-7-4-3-5-8-15/h3-5,7-8,11,16H,6,9-10,12H2,1-2H3,(H,19,20,21)/t16-/m0/s1. The van der Waals surface area contributed by atoms with Crippen LogP contribution in [0.2, 0.25) is 0 Å². The molecular formula is C18H22N4O. The number of carbonyl (C=O) groups is 1. The van der Waals surface area contributed by atoms with Crippen molar-refractivity contribution in [1.29, 1.82) is 0 Å². The van der Waals surface area contributed by atoms with Crippen molar-refractivity contribution in [2.24, 2.45) is 0 Å². The van der Waals surface area contributed by atoms with Crippen LogP contribution in [0.25, 0.3) is 0 Å². The molecule has 1 atom stereocenters. The molecule has 1 amide bonds. The molecule has 0 saturated carbocycles. The van der Waals surface area contributed by atoms with Crippen LogP contribution in [0, 0.1) is 13.8 Å².